The second-order valence-electron chi connectivity index (χ2n) is 9.01. The van der Waals surface area contributed by atoms with Gasteiger partial charge in [-0.3, -0.25) is 24.8 Å². The minimum atomic E-state index is -0.110. The van der Waals surface area contributed by atoms with E-state index in [-0.39, 0.29) is 12.5 Å². The number of nitrogens with one attached hydrogen (secondary N) is 3. The zero-order chi connectivity index (χ0) is 25.5. The van der Waals surface area contributed by atoms with Gasteiger partial charge in [0.1, 0.15) is 11.2 Å². The van der Waals surface area contributed by atoms with Crippen LogP contribution >= 0.6 is 11.3 Å². The van der Waals surface area contributed by atoms with Gasteiger partial charge in [-0.25, -0.2) is 4.98 Å². The van der Waals surface area contributed by atoms with Gasteiger partial charge in [-0.15, -0.1) is 11.3 Å². The third-order valence-corrected chi connectivity index (χ3v) is 6.88. The molecule has 0 unspecified atom stereocenters. The zero-order valence-corrected chi connectivity index (χ0v) is 21.2. The molecule has 184 valence electrons. The highest BCUT2D eigenvalue weighted by molar-refractivity contribution is 7.15. The number of likely N-dealkylation sites (N-methyl/N-ethyl adjacent to an activating group) is 1. The number of anilines is 1. The molecule has 3 N–H and O–H groups in total. The molecule has 0 spiro atoms. The van der Waals surface area contributed by atoms with Gasteiger partial charge in [0.25, 0.3) is 0 Å². The van der Waals surface area contributed by atoms with E-state index in [9.17, 15) is 4.79 Å². The number of amides is 1. The molecule has 11 heteroatoms. The Hall–Kier alpha value is -4.48. The maximum absolute atomic E-state index is 12.2. The normalized spacial score (nSPS) is 11.6. The molecule has 0 atom stereocenters. The molecule has 0 bridgehead atoms. The lowest BCUT2D eigenvalue weighted by molar-refractivity contribution is -0.116. The summed E-state index contributed by atoms with van der Waals surface area (Å²) in [4.78, 5) is 37.9. The Morgan fingerprint density at radius 3 is 2.73 bits per heavy atom. The predicted octanol–water partition coefficient (Wildman–Crippen LogP) is 4.50. The number of fused-ring (bicyclic) bond motifs is 2. The van der Waals surface area contributed by atoms with Gasteiger partial charge in [0.05, 0.1) is 47.6 Å². The number of hydrogen-bond acceptors (Lipinski definition) is 8. The van der Waals surface area contributed by atoms with Crippen LogP contribution < -0.4 is 5.32 Å². The molecule has 6 heterocycles. The van der Waals surface area contributed by atoms with Gasteiger partial charge in [-0.1, -0.05) is 0 Å². The first kappa shape index (κ1) is 23.0. The molecule has 0 fully saturated rings. The van der Waals surface area contributed by atoms with Crippen molar-refractivity contribution in [1.82, 2.24) is 40.0 Å². The van der Waals surface area contributed by atoms with Crippen molar-refractivity contribution in [2.24, 2.45) is 0 Å². The molecule has 0 aliphatic heterocycles. The minimum Gasteiger partial charge on any atom is -0.335 e. The molecule has 0 radical (unpaired) electrons. The predicted molar refractivity (Wildman–Crippen MR) is 145 cm³/mol. The van der Waals surface area contributed by atoms with Crippen molar-refractivity contribution in [1.29, 1.82) is 0 Å². The van der Waals surface area contributed by atoms with Crippen LogP contribution in [0.5, 0.6) is 0 Å². The van der Waals surface area contributed by atoms with Gasteiger partial charge in [0.15, 0.2) is 5.82 Å². The number of aryl methyl sites for hydroxylation is 1. The fraction of sp³-hybridized carbons (Fsp3) is 0.154. The van der Waals surface area contributed by atoms with Crippen LogP contribution in [0.2, 0.25) is 0 Å². The molecule has 6 rings (SSSR count). The van der Waals surface area contributed by atoms with Crippen molar-refractivity contribution in [2.45, 2.75) is 6.92 Å². The third kappa shape index (κ3) is 4.46. The largest absolute Gasteiger partial charge is 0.335 e. The van der Waals surface area contributed by atoms with Crippen molar-refractivity contribution in [3.8, 4) is 33.2 Å². The van der Waals surface area contributed by atoms with Gasteiger partial charge in [0.2, 0.25) is 5.91 Å². The highest BCUT2D eigenvalue weighted by Gasteiger charge is 2.17. The van der Waals surface area contributed by atoms with E-state index in [4.69, 9.17) is 4.98 Å². The van der Waals surface area contributed by atoms with Crippen molar-refractivity contribution in [3.05, 3.63) is 60.1 Å². The minimum absolute atomic E-state index is 0.110. The van der Waals surface area contributed by atoms with E-state index in [2.05, 4.69) is 54.5 Å². The van der Waals surface area contributed by atoms with Crippen LogP contribution in [0.25, 0.3) is 55.2 Å². The average molecular weight is 510 g/mol. The summed E-state index contributed by atoms with van der Waals surface area (Å²) < 4.78 is 0. The highest BCUT2D eigenvalue weighted by Crippen LogP contribution is 2.34. The number of carbonyl (C=O) groups is 1. The summed E-state index contributed by atoms with van der Waals surface area (Å²) in [7, 11) is 3.69. The summed E-state index contributed by atoms with van der Waals surface area (Å²) in [5, 5.41) is 11.3. The van der Waals surface area contributed by atoms with Crippen LogP contribution in [-0.2, 0) is 4.79 Å². The van der Waals surface area contributed by atoms with Gasteiger partial charge < -0.3 is 15.2 Å². The Balaban J connectivity index is 1.38. The maximum Gasteiger partial charge on any atom is 0.238 e. The molecular formula is C26H23N9OS. The Labute approximate surface area is 215 Å². The fourth-order valence-electron chi connectivity index (χ4n) is 4.20. The average Bonchev–Trinajstić information content (AvgIpc) is 3.60. The molecule has 1 amide bonds. The van der Waals surface area contributed by atoms with Crippen LogP contribution in [0.15, 0.2) is 55.2 Å². The first-order chi connectivity index (χ1) is 17.9. The Kier molecular flexibility index (Phi) is 5.70. The van der Waals surface area contributed by atoms with E-state index in [0.717, 1.165) is 37.9 Å². The molecule has 0 saturated carbocycles. The smallest absolute Gasteiger partial charge is 0.238 e. The topological polar surface area (TPSA) is 128 Å². The number of hydrogen-bond donors (Lipinski definition) is 3. The lowest BCUT2D eigenvalue weighted by Gasteiger charge is -2.10. The SMILES string of the molecule is Cc1ccc(-c2cncc3[nH]c(-c4n[nH]c5cnc(-c6cncc(NC(=O)CN(C)C)c6)cc45)nc23)s1. The number of imidazole rings is 1. The number of thiophene rings is 1. The van der Waals surface area contributed by atoms with Crippen LogP contribution in [0.1, 0.15) is 4.88 Å². The summed E-state index contributed by atoms with van der Waals surface area (Å²) in [5.41, 5.74) is 6.25. The molecule has 0 aromatic carbocycles. The van der Waals surface area contributed by atoms with Crippen LogP contribution in [0.4, 0.5) is 5.69 Å². The molecule has 6 aromatic heterocycles. The van der Waals surface area contributed by atoms with Crippen LogP contribution in [0, 0.1) is 6.92 Å². The summed E-state index contributed by atoms with van der Waals surface area (Å²) in [5.74, 6) is 0.532. The van der Waals surface area contributed by atoms with E-state index < -0.39 is 0 Å². The maximum atomic E-state index is 12.2. The summed E-state index contributed by atoms with van der Waals surface area (Å²) >= 11 is 1.71. The number of carbonyl (C=O) groups excluding carboxylic acids is 1. The summed E-state index contributed by atoms with van der Waals surface area (Å²) in [6.45, 7) is 2.37. The first-order valence-corrected chi connectivity index (χ1v) is 12.4. The van der Waals surface area contributed by atoms with Crippen molar-refractivity contribution in [2.75, 3.05) is 26.0 Å². The Morgan fingerprint density at radius 2 is 1.92 bits per heavy atom. The monoisotopic (exact) mass is 509 g/mol. The van der Waals surface area contributed by atoms with E-state index in [1.165, 1.54) is 4.88 Å². The molecule has 37 heavy (non-hydrogen) atoms. The van der Waals surface area contributed by atoms with Gasteiger partial charge in [-0.05, 0) is 45.3 Å². The summed E-state index contributed by atoms with van der Waals surface area (Å²) in [6, 6.07) is 8.00. The summed E-state index contributed by atoms with van der Waals surface area (Å²) in [6.07, 6.45) is 8.70. The Bertz CT molecular complexity index is 1760. The lowest BCUT2D eigenvalue weighted by atomic mass is 10.1. The van der Waals surface area contributed by atoms with Gasteiger partial charge in [-0.2, -0.15) is 5.10 Å². The third-order valence-electron chi connectivity index (χ3n) is 5.85. The molecule has 10 nitrogen and oxygen atoms in total. The second-order valence-corrected chi connectivity index (χ2v) is 10.3. The Morgan fingerprint density at radius 1 is 1.05 bits per heavy atom. The molecule has 0 saturated heterocycles. The number of aromatic amines is 2. The second kappa shape index (κ2) is 9.19. The van der Waals surface area contributed by atoms with Crippen LogP contribution in [0.3, 0.4) is 0 Å². The number of nitrogens with zero attached hydrogens (tertiary/aromatic N) is 6. The molecular weight excluding hydrogens is 486 g/mol. The number of aromatic nitrogens is 7. The first-order valence-electron chi connectivity index (χ1n) is 11.6. The quantitative estimate of drug-likeness (QED) is 0.302. The number of H-pyrrole nitrogens is 2. The van der Waals surface area contributed by atoms with Gasteiger partial charge >= 0.3 is 0 Å². The number of rotatable bonds is 6. The van der Waals surface area contributed by atoms with E-state index in [0.29, 0.717) is 22.9 Å². The van der Waals surface area contributed by atoms with Crippen LogP contribution in [-0.4, -0.2) is 66.6 Å². The van der Waals surface area contributed by atoms with E-state index in [1.54, 1.807) is 41.0 Å². The molecule has 0 aliphatic rings. The lowest BCUT2D eigenvalue weighted by Crippen LogP contribution is -2.27. The number of pyridine rings is 3. The van der Waals surface area contributed by atoms with Gasteiger partial charge in [0, 0.05) is 38.7 Å². The van der Waals surface area contributed by atoms with Crippen molar-refractivity contribution in [3.63, 3.8) is 0 Å². The molecule has 6 aromatic rings. The van der Waals surface area contributed by atoms with Crippen molar-refractivity contribution >= 4 is 44.9 Å². The highest BCUT2D eigenvalue weighted by atomic mass is 32.1. The van der Waals surface area contributed by atoms with E-state index >= 15 is 0 Å². The fourth-order valence-corrected chi connectivity index (χ4v) is 5.07. The standard InChI is InChI=1S/C26H23N9OS/c1-14-4-5-22(37-14)18-10-28-11-21-24(18)32-26(31-21)25-17-7-19(29-12-20(17)33-34-25)15-6-16(9-27-8-15)30-23(36)13-35(2)3/h4-12H,13H2,1-3H3,(H,30,36)(H,31,32)(H,33,34). The zero-order valence-electron chi connectivity index (χ0n) is 20.4. The molecule has 0 aliphatic carbocycles. The van der Waals surface area contributed by atoms with Crippen molar-refractivity contribution < 1.29 is 4.79 Å². The van der Waals surface area contributed by atoms with E-state index in [1.807, 2.05) is 32.4 Å².